The molecule has 1 aromatic carbocycles. The van der Waals surface area contributed by atoms with Gasteiger partial charge in [0, 0.05) is 6.54 Å². The number of carbonyl (C=O) groups is 2. The van der Waals surface area contributed by atoms with Crippen molar-refractivity contribution in [3.63, 3.8) is 0 Å². The third kappa shape index (κ3) is 6.86. The van der Waals surface area contributed by atoms with Crippen molar-refractivity contribution in [2.75, 3.05) is 6.61 Å². The molecule has 0 bridgehead atoms. The Hall–Kier alpha value is -2.14. The number of rotatable bonds is 3. The molecule has 0 spiro atoms. The quantitative estimate of drug-likeness (QED) is 0.679. The summed E-state index contributed by atoms with van der Waals surface area (Å²) in [6, 6.07) is 8.68. The smallest absolute Gasteiger partial charge is 0.321 e. The number of nitrogens with one attached hydrogen (secondary N) is 2. The number of hydrogen-bond acceptors (Lipinski definition) is 3. The monoisotopic (exact) mass is 236 g/mol. The summed E-state index contributed by atoms with van der Waals surface area (Å²) in [5.74, 6) is -0.722. The first-order valence-corrected chi connectivity index (χ1v) is 4.95. The lowest BCUT2D eigenvalue weighted by Gasteiger charge is -2.05. The van der Waals surface area contributed by atoms with Crippen LogP contribution in [0.4, 0.5) is 4.79 Å². The maximum Gasteiger partial charge on any atom is 0.321 e. The molecule has 3 amide bonds. The highest BCUT2D eigenvalue weighted by molar-refractivity contribution is 5.94. The number of urea groups is 1. The van der Waals surface area contributed by atoms with E-state index in [4.69, 9.17) is 5.11 Å². The van der Waals surface area contributed by atoms with E-state index in [1.165, 1.54) is 0 Å². The Labute approximate surface area is 100 Å². The van der Waals surface area contributed by atoms with Crippen molar-refractivity contribution in [1.82, 2.24) is 10.6 Å². The SMILES string of the molecule is C=C.O=C(CO)NC(=O)NCc1ccccc1. The topological polar surface area (TPSA) is 78.4 Å². The van der Waals surface area contributed by atoms with Gasteiger partial charge in [0.15, 0.2) is 0 Å². The molecule has 0 saturated carbocycles. The van der Waals surface area contributed by atoms with E-state index in [-0.39, 0.29) is 0 Å². The van der Waals surface area contributed by atoms with Crippen LogP contribution in [0.1, 0.15) is 5.56 Å². The van der Waals surface area contributed by atoms with Gasteiger partial charge in [0.25, 0.3) is 5.91 Å². The van der Waals surface area contributed by atoms with Crippen LogP contribution in [0.2, 0.25) is 0 Å². The van der Waals surface area contributed by atoms with Crippen LogP contribution in [-0.2, 0) is 11.3 Å². The van der Waals surface area contributed by atoms with E-state index >= 15 is 0 Å². The number of carbonyl (C=O) groups excluding carboxylic acids is 2. The van der Waals surface area contributed by atoms with Crippen LogP contribution < -0.4 is 10.6 Å². The standard InChI is InChI=1S/C10H12N2O3.C2H4/c13-7-9(14)12-10(15)11-6-8-4-2-1-3-5-8;1-2/h1-5,13H,6-7H2,(H2,11,12,14,15);1-2H2. The molecule has 0 radical (unpaired) electrons. The highest BCUT2D eigenvalue weighted by atomic mass is 16.3. The number of amides is 3. The van der Waals surface area contributed by atoms with Crippen LogP contribution in [-0.4, -0.2) is 23.7 Å². The van der Waals surface area contributed by atoms with Crippen molar-refractivity contribution in [3.05, 3.63) is 49.1 Å². The maximum atomic E-state index is 11.0. The van der Waals surface area contributed by atoms with E-state index in [9.17, 15) is 9.59 Å². The fraction of sp³-hybridized carbons (Fsp3) is 0.167. The summed E-state index contributed by atoms with van der Waals surface area (Å²) < 4.78 is 0. The molecule has 5 nitrogen and oxygen atoms in total. The average Bonchev–Trinajstić information content (AvgIpc) is 2.40. The van der Waals surface area contributed by atoms with E-state index in [1.807, 2.05) is 35.6 Å². The molecule has 0 fully saturated rings. The van der Waals surface area contributed by atoms with E-state index in [0.717, 1.165) is 5.56 Å². The molecule has 3 N–H and O–H groups in total. The van der Waals surface area contributed by atoms with Crippen molar-refractivity contribution >= 4 is 11.9 Å². The highest BCUT2D eigenvalue weighted by Gasteiger charge is 2.04. The molecule has 1 aromatic rings. The van der Waals surface area contributed by atoms with Gasteiger partial charge in [0.05, 0.1) is 0 Å². The number of imide groups is 1. The Bertz CT molecular complexity index is 352. The second-order valence-corrected chi connectivity index (χ2v) is 2.87. The first kappa shape index (κ1) is 14.9. The number of aliphatic hydroxyl groups excluding tert-OH is 1. The molecule has 0 aromatic heterocycles. The zero-order valence-corrected chi connectivity index (χ0v) is 9.48. The second kappa shape index (κ2) is 9.11. The first-order valence-electron chi connectivity index (χ1n) is 4.95. The Balaban J connectivity index is 0.00000121. The summed E-state index contributed by atoms with van der Waals surface area (Å²) in [6.45, 7) is 5.64. The van der Waals surface area contributed by atoms with Gasteiger partial charge in [-0.3, -0.25) is 10.1 Å². The summed E-state index contributed by atoms with van der Waals surface area (Å²) in [6.07, 6.45) is 0. The van der Waals surface area contributed by atoms with Gasteiger partial charge in [-0.25, -0.2) is 4.79 Å². The van der Waals surface area contributed by atoms with Crippen LogP contribution >= 0.6 is 0 Å². The second-order valence-electron chi connectivity index (χ2n) is 2.87. The number of hydrogen-bond donors (Lipinski definition) is 3. The average molecular weight is 236 g/mol. The van der Waals surface area contributed by atoms with Crippen molar-refractivity contribution in [1.29, 1.82) is 0 Å². The summed E-state index contributed by atoms with van der Waals surface area (Å²) in [7, 11) is 0. The van der Waals surface area contributed by atoms with Crippen LogP contribution in [0.3, 0.4) is 0 Å². The highest BCUT2D eigenvalue weighted by Crippen LogP contribution is 1.96. The summed E-state index contributed by atoms with van der Waals surface area (Å²) in [5, 5.41) is 12.8. The van der Waals surface area contributed by atoms with E-state index in [1.54, 1.807) is 0 Å². The van der Waals surface area contributed by atoms with Crippen LogP contribution in [0, 0.1) is 0 Å². The Morgan fingerprint density at radius 2 is 1.76 bits per heavy atom. The van der Waals surface area contributed by atoms with Crippen molar-refractivity contribution in [2.24, 2.45) is 0 Å². The predicted octanol–water partition coefficient (Wildman–Crippen LogP) is 0.807. The molecular formula is C12H16N2O3. The largest absolute Gasteiger partial charge is 0.387 e. The molecule has 92 valence electrons. The summed E-state index contributed by atoms with van der Waals surface area (Å²) in [4.78, 5) is 21.6. The zero-order valence-electron chi connectivity index (χ0n) is 9.48. The van der Waals surface area contributed by atoms with Crippen molar-refractivity contribution in [3.8, 4) is 0 Å². The molecule has 0 aliphatic carbocycles. The number of benzene rings is 1. The normalized spacial score (nSPS) is 8.53. The lowest BCUT2D eigenvalue weighted by molar-refractivity contribution is -0.122. The molecule has 0 saturated heterocycles. The Morgan fingerprint density at radius 1 is 1.18 bits per heavy atom. The fourth-order valence-corrected chi connectivity index (χ4v) is 0.989. The molecule has 17 heavy (non-hydrogen) atoms. The van der Waals surface area contributed by atoms with E-state index in [2.05, 4.69) is 18.5 Å². The van der Waals surface area contributed by atoms with Gasteiger partial charge in [-0.05, 0) is 5.56 Å². The lowest BCUT2D eigenvalue weighted by Crippen LogP contribution is -2.40. The Kier molecular flexibility index (Phi) is 7.97. The van der Waals surface area contributed by atoms with Crippen LogP contribution in [0.15, 0.2) is 43.5 Å². The van der Waals surface area contributed by atoms with Crippen molar-refractivity contribution in [2.45, 2.75) is 6.54 Å². The summed E-state index contributed by atoms with van der Waals surface area (Å²) >= 11 is 0. The molecule has 5 heteroatoms. The molecule has 0 aliphatic rings. The lowest BCUT2D eigenvalue weighted by atomic mass is 10.2. The van der Waals surface area contributed by atoms with E-state index < -0.39 is 18.5 Å². The molecule has 1 rings (SSSR count). The maximum absolute atomic E-state index is 11.0. The summed E-state index contributed by atoms with van der Waals surface area (Å²) in [5.41, 5.74) is 0.934. The van der Waals surface area contributed by atoms with E-state index in [0.29, 0.717) is 6.54 Å². The van der Waals surface area contributed by atoms with Crippen LogP contribution in [0.5, 0.6) is 0 Å². The minimum absolute atomic E-state index is 0.339. The molecule has 0 atom stereocenters. The van der Waals surface area contributed by atoms with Gasteiger partial charge in [0.2, 0.25) is 0 Å². The minimum Gasteiger partial charge on any atom is -0.387 e. The van der Waals surface area contributed by atoms with Crippen LogP contribution in [0.25, 0.3) is 0 Å². The van der Waals surface area contributed by atoms with Crippen molar-refractivity contribution < 1.29 is 14.7 Å². The molecule has 0 heterocycles. The molecular weight excluding hydrogens is 220 g/mol. The zero-order chi connectivity index (χ0) is 13.1. The molecule has 0 unspecified atom stereocenters. The van der Waals surface area contributed by atoms with Gasteiger partial charge in [0.1, 0.15) is 6.61 Å². The first-order chi connectivity index (χ1) is 8.22. The fourth-order valence-electron chi connectivity index (χ4n) is 0.989. The van der Waals surface area contributed by atoms with Gasteiger partial charge in [-0.2, -0.15) is 0 Å². The van der Waals surface area contributed by atoms with Gasteiger partial charge in [-0.1, -0.05) is 30.3 Å². The van der Waals surface area contributed by atoms with Gasteiger partial charge < -0.3 is 10.4 Å². The predicted molar refractivity (Wildman–Crippen MR) is 65.2 cm³/mol. The minimum atomic E-state index is -0.722. The Morgan fingerprint density at radius 3 is 2.29 bits per heavy atom. The number of aliphatic hydroxyl groups is 1. The third-order valence-corrected chi connectivity index (χ3v) is 1.69. The molecule has 0 aliphatic heterocycles. The van der Waals surface area contributed by atoms with Gasteiger partial charge >= 0.3 is 6.03 Å². The third-order valence-electron chi connectivity index (χ3n) is 1.69. The van der Waals surface area contributed by atoms with Gasteiger partial charge in [-0.15, -0.1) is 13.2 Å².